The molecule has 1 aromatic carbocycles. The van der Waals surface area contributed by atoms with Crippen molar-refractivity contribution in [3.63, 3.8) is 0 Å². The molecule has 0 heterocycles. The van der Waals surface area contributed by atoms with Gasteiger partial charge in [0.25, 0.3) is 0 Å². The van der Waals surface area contributed by atoms with E-state index in [4.69, 9.17) is 5.73 Å². The van der Waals surface area contributed by atoms with Crippen molar-refractivity contribution in [1.82, 2.24) is 0 Å². The van der Waals surface area contributed by atoms with Crippen molar-refractivity contribution in [2.45, 2.75) is 12.5 Å². The van der Waals surface area contributed by atoms with Crippen LogP contribution in [-0.4, -0.2) is 37.5 Å². The average Bonchev–Trinajstić information content (AvgIpc) is 2.24. The van der Waals surface area contributed by atoms with Crippen LogP contribution in [0.15, 0.2) is 24.3 Å². The summed E-state index contributed by atoms with van der Waals surface area (Å²) in [6, 6.07) is 5.12. The normalized spacial score (nSPS) is 13.0. The molecule has 1 rings (SSSR count). The van der Waals surface area contributed by atoms with Crippen molar-refractivity contribution in [2.24, 2.45) is 5.73 Å². The summed E-state index contributed by atoms with van der Waals surface area (Å²) in [6.07, 6.45) is 1.15. The Kier molecular flexibility index (Phi) is 4.69. The minimum atomic E-state index is -3.13. The summed E-state index contributed by atoms with van der Waals surface area (Å²) < 4.78 is 21.9. The summed E-state index contributed by atoms with van der Waals surface area (Å²) >= 11 is 0. The fourth-order valence-electron chi connectivity index (χ4n) is 1.29. The van der Waals surface area contributed by atoms with Gasteiger partial charge >= 0.3 is 0 Å². The maximum atomic E-state index is 11.6. The van der Waals surface area contributed by atoms with Crippen LogP contribution in [0.1, 0.15) is 6.42 Å². The van der Waals surface area contributed by atoms with Gasteiger partial charge in [-0.15, -0.1) is 0 Å². The van der Waals surface area contributed by atoms with Gasteiger partial charge in [-0.3, -0.25) is 4.79 Å². The largest absolute Gasteiger partial charge is 0.508 e. The Morgan fingerprint density at radius 2 is 2.17 bits per heavy atom. The van der Waals surface area contributed by atoms with Crippen LogP contribution in [0.3, 0.4) is 0 Å². The molecule has 0 spiro atoms. The maximum absolute atomic E-state index is 11.6. The monoisotopic (exact) mass is 272 g/mol. The van der Waals surface area contributed by atoms with E-state index in [0.29, 0.717) is 5.69 Å². The number of benzene rings is 1. The lowest BCUT2D eigenvalue weighted by Crippen LogP contribution is -2.37. The number of rotatable bonds is 5. The van der Waals surface area contributed by atoms with E-state index in [0.717, 1.165) is 6.26 Å². The van der Waals surface area contributed by atoms with Crippen molar-refractivity contribution >= 4 is 21.4 Å². The molecule has 6 nitrogen and oxygen atoms in total. The number of nitrogens with one attached hydrogen (secondary N) is 1. The van der Waals surface area contributed by atoms with Crippen molar-refractivity contribution in [3.8, 4) is 5.75 Å². The van der Waals surface area contributed by atoms with Crippen molar-refractivity contribution in [2.75, 3.05) is 17.3 Å². The molecule has 0 fully saturated rings. The Balaban J connectivity index is 2.55. The number of aromatic hydroxyl groups is 1. The van der Waals surface area contributed by atoms with Crippen LogP contribution in [0, 0.1) is 0 Å². The predicted molar refractivity (Wildman–Crippen MR) is 69.0 cm³/mol. The van der Waals surface area contributed by atoms with Gasteiger partial charge in [0.15, 0.2) is 0 Å². The number of carbonyl (C=O) groups excluding carboxylic acids is 1. The number of sulfone groups is 1. The van der Waals surface area contributed by atoms with Crippen molar-refractivity contribution in [3.05, 3.63) is 24.3 Å². The van der Waals surface area contributed by atoms with E-state index in [1.165, 1.54) is 12.1 Å². The fourth-order valence-corrected chi connectivity index (χ4v) is 1.97. The fraction of sp³-hybridized carbons (Fsp3) is 0.364. The summed E-state index contributed by atoms with van der Waals surface area (Å²) in [7, 11) is -3.13. The summed E-state index contributed by atoms with van der Waals surface area (Å²) in [6.45, 7) is 0. The molecule has 0 saturated carbocycles. The van der Waals surface area contributed by atoms with Crippen LogP contribution in [0.4, 0.5) is 5.69 Å². The molecule has 4 N–H and O–H groups in total. The molecule has 1 amide bonds. The molecule has 7 heteroatoms. The van der Waals surface area contributed by atoms with Crippen molar-refractivity contribution < 1.29 is 18.3 Å². The Bertz CT molecular complexity index is 528. The molecule has 0 bridgehead atoms. The van der Waals surface area contributed by atoms with E-state index < -0.39 is 21.8 Å². The Morgan fingerprint density at radius 3 is 2.72 bits per heavy atom. The van der Waals surface area contributed by atoms with E-state index in [9.17, 15) is 18.3 Å². The van der Waals surface area contributed by atoms with Gasteiger partial charge in [0.05, 0.1) is 11.8 Å². The number of carbonyl (C=O) groups is 1. The number of nitrogens with two attached hydrogens (primary N) is 1. The third-order valence-corrected chi connectivity index (χ3v) is 3.23. The number of amides is 1. The first kappa shape index (κ1) is 14.5. The minimum absolute atomic E-state index is 0.0255. The lowest BCUT2D eigenvalue weighted by molar-refractivity contribution is -0.117. The zero-order valence-corrected chi connectivity index (χ0v) is 10.8. The Hall–Kier alpha value is -1.60. The van der Waals surface area contributed by atoms with Crippen LogP contribution in [-0.2, 0) is 14.6 Å². The Labute approximate surface area is 106 Å². The van der Waals surface area contributed by atoms with Gasteiger partial charge in [0, 0.05) is 18.0 Å². The predicted octanol–water partition coefficient (Wildman–Crippen LogP) is 0.0927. The highest BCUT2D eigenvalue weighted by Gasteiger charge is 2.16. The standard InChI is InChI=1S/C11H16N2O4S/c1-18(16,17)6-5-10(12)11(15)13-8-3-2-4-9(14)7-8/h2-4,7,10,14H,5-6,12H2,1H3,(H,13,15). The number of phenolic OH excluding ortho intramolecular Hbond substituents is 1. The molecule has 1 atom stereocenters. The average molecular weight is 272 g/mol. The van der Waals surface area contributed by atoms with Crippen LogP contribution < -0.4 is 11.1 Å². The lowest BCUT2D eigenvalue weighted by atomic mass is 10.2. The summed E-state index contributed by atoms with van der Waals surface area (Å²) in [5, 5.41) is 11.7. The van der Waals surface area contributed by atoms with Crippen LogP contribution in [0.2, 0.25) is 0 Å². The van der Waals surface area contributed by atoms with Crippen molar-refractivity contribution in [1.29, 1.82) is 0 Å². The van der Waals surface area contributed by atoms with Crippen LogP contribution in [0.5, 0.6) is 5.75 Å². The van der Waals surface area contributed by atoms with Gasteiger partial charge in [-0.1, -0.05) is 6.07 Å². The first-order chi connectivity index (χ1) is 8.28. The third kappa shape index (κ3) is 5.15. The van der Waals surface area contributed by atoms with E-state index in [1.54, 1.807) is 12.1 Å². The number of anilines is 1. The maximum Gasteiger partial charge on any atom is 0.241 e. The molecule has 1 aromatic rings. The third-order valence-electron chi connectivity index (χ3n) is 2.25. The van der Waals surface area contributed by atoms with Gasteiger partial charge in [-0.2, -0.15) is 0 Å². The number of hydrogen-bond donors (Lipinski definition) is 3. The second kappa shape index (κ2) is 5.83. The summed E-state index contributed by atoms with van der Waals surface area (Å²) in [5.74, 6) is -0.594. The summed E-state index contributed by atoms with van der Waals surface area (Å²) in [4.78, 5) is 11.6. The molecule has 1 unspecified atom stereocenters. The van der Waals surface area contributed by atoms with Gasteiger partial charge < -0.3 is 16.2 Å². The molecular formula is C11H16N2O4S. The van der Waals surface area contributed by atoms with Gasteiger partial charge in [-0.25, -0.2) is 8.42 Å². The quantitative estimate of drug-likeness (QED) is 0.704. The van der Waals surface area contributed by atoms with Gasteiger partial charge in [-0.05, 0) is 18.6 Å². The van der Waals surface area contributed by atoms with E-state index in [2.05, 4.69) is 5.32 Å². The second-order valence-electron chi connectivity index (χ2n) is 4.06. The van der Waals surface area contributed by atoms with Gasteiger partial charge in [0.1, 0.15) is 15.6 Å². The number of phenols is 1. The topological polar surface area (TPSA) is 109 Å². The zero-order chi connectivity index (χ0) is 13.8. The SMILES string of the molecule is CS(=O)(=O)CCC(N)C(=O)Nc1cccc(O)c1. The lowest BCUT2D eigenvalue weighted by Gasteiger charge is -2.11. The molecule has 0 saturated heterocycles. The molecule has 0 aliphatic heterocycles. The second-order valence-corrected chi connectivity index (χ2v) is 6.32. The highest BCUT2D eigenvalue weighted by molar-refractivity contribution is 7.90. The van der Waals surface area contributed by atoms with Crippen LogP contribution in [0.25, 0.3) is 0 Å². The van der Waals surface area contributed by atoms with E-state index >= 15 is 0 Å². The van der Waals surface area contributed by atoms with Crippen LogP contribution >= 0.6 is 0 Å². The first-order valence-corrected chi connectivity index (χ1v) is 7.37. The molecule has 0 aromatic heterocycles. The highest BCUT2D eigenvalue weighted by Crippen LogP contribution is 2.15. The Morgan fingerprint density at radius 1 is 1.50 bits per heavy atom. The first-order valence-electron chi connectivity index (χ1n) is 5.31. The minimum Gasteiger partial charge on any atom is -0.508 e. The molecule has 0 radical (unpaired) electrons. The molecular weight excluding hydrogens is 256 g/mol. The zero-order valence-electron chi connectivity index (χ0n) is 9.96. The molecule has 0 aliphatic rings. The summed E-state index contributed by atoms with van der Waals surface area (Å²) in [5.41, 5.74) is 5.98. The number of hydrogen-bond acceptors (Lipinski definition) is 5. The van der Waals surface area contributed by atoms with E-state index in [1.807, 2.05) is 0 Å². The van der Waals surface area contributed by atoms with E-state index in [-0.39, 0.29) is 17.9 Å². The molecule has 0 aliphatic carbocycles. The highest BCUT2D eigenvalue weighted by atomic mass is 32.2. The van der Waals surface area contributed by atoms with Gasteiger partial charge in [0.2, 0.25) is 5.91 Å². The smallest absolute Gasteiger partial charge is 0.241 e. The molecule has 100 valence electrons. The molecule has 18 heavy (non-hydrogen) atoms.